The first kappa shape index (κ1) is 23.7. The Bertz CT molecular complexity index is 419. The number of likely N-dealkylation sites (tertiary alicyclic amines) is 1. The van der Waals surface area contributed by atoms with Crippen LogP contribution in [-0.4, -0.2) is 49.1 Å². The molecule has 1 heterocycles. The second-order valence-electron chi connectivity index (χ2n) is 6.61. The predicted molar refractivity (Wildman–Crippen MR) is 88.4 cm³/mol. The molecule has 1 saturated heterocycles. The minimum absolute atomic E-state index is 1.37. The molecule has 1 aliphatic heterocycles. The molecule has 0 bridgehead atoms. The summed E-state index contributed by atoms with van der Waals surface area (Å²) < 4.78 is 60.4. The molecule has 0 unspecified atom stereocenters. The molecular weight excluding hydrogens is 343 g/mol. The molecule has 8 heteroatoms. The highest BCUT2D eigenvalue weighted by molar-refractivity contribution is 7.86. The number of unbranched alkanes of at least 4 members (excludes halogenated alkanes) is 5. The summed E-state index contributed by atoms with van der Waals surface area (Å²) >= 11 is 0. The summed E-state index contributed by atoms with van der Waals surface area (Å²) in [6, 6.07) is 0. The minimum atomic E-state index is -6.09. The average molecular weight is 375 g/mol. The molecule has 1 aliphatic rings. The first-order valence-electron chi connectivity index (χ1n) is 8.95. The fourth-order valence-electron chi connectivity index (χ4n) is 3.11. The van der Waals surface area contributed by atoms with E-state index in [2.05, 4.69) is 13.8 Å². The lowest BCUT2D eigenvalue weighted by molar-refractivity contribution is -0.917. The van der Waals surface area contributed by atoms with Gasteiger partial charge in [0.2, 0.25) is 0 Å². The predicted octanol–water partition coefficient (Wildman–Crippen LogP) is 4.42. The van der Waals surface area contributed by atoms with Gasteiger partial charge in [0.15, 0.2) is 10.1 Å². The van der Waals surface area contributed by atoms with E-state index < -0.39 is 15.6 Å². The third-order valence-corrected chi connectivity index (χ3v) is 5.09. The van der Waals surface area contributed by atoms with Gasteiger partial charge in [0, 0.05) is 12.8 Å². The number of hydrogen-bond donors (Lipinski definition) is 0. The Morgan fingerprint density at radius 2 is 1.29 bits per heavy atom. The van der Waals surface area contributed by atoms with E-state index in [0.717, 1.165) is 0 Å². The van der Waals surface area contributed by atoms with Gasteiger partial charge in [0.1, 0.15) is 0 Å². The van der Waals surface area contributed by atoms with E-state index >= 15 is 0 Å². The zero-order valence-electron chi connectivity index (χ0n) is 14.9. The van der Waals surface area contributed by atoms with E-state index in [1.54, 1.807) is 0 Å². The Labute approximate surface area is 144 Å². The van der Waals surface area contributed by atoms with Crippen molar-refractivity contribution in [2.45, 2.75) is 77.1 Å². The Balaban J connectivity index is 0.000000561. The molecule has 0 amide bonds. The Morgan fingerprint density at radius 3 is 1.71 bits per heavy atom. The lowest BCUT2D eigenvalue weighted by atomic mass is 10.1. The summed E-state index contributed by atoms with van der Waals surface area (Å²) in [6.45, 7) is 10.5. The quantitative estimate of drug-likeness (QED) is 0.259. The fourth-order valence-corrected chi connectivity index (χ4v) is 3.11. The highest BCUT2D eigenvalue weighted by Crippen LogP contribution is 2.22. The number of alkyl halides is 3. The Morgan fingerprint density at radius 1 is 0.875 bits per heavy atom. The molecule has 4 nitrogen and oxygen atoms in total. The monoisotopic (exact) mass is 375 g/mol. The normalized spacial score (nSPS) is 17.4. The van der Waals surface area contributed by atoms with Crippen LogP contribution >= 0.6 is 0 Å². The van der Waals surface area contributed by atoms with Crippen LogP contribution in [0.1, 0.15) is 71.6 Å². The number of quaternary nitrogens is 1. The molecule has 0 radical (unpaired) electrons. The number of nitrogens with zero attached hydrogens (tertiary/aromatic N) is 1. The number of hydrogen-bond acceptors (Lipinski definition) is 3. The van der Waals surface area contributed by atoms with Crippen LogP contribution in [-0.2, 0) is 10.1 Å². The first-order valence-corrected chi connectivity index (χ1v) is 10.4. The summed E-state index contributed by atoms with van der Waals surface area (Å²) in [6.07, 6.45) is 13.0. The van der Waals surface area contributed by atoms with Gasteiger partial charge < -0.3 is 9.04 Å². The lowest BCUT2D eigenvalue weighted by Crippen LogP contribution is -2.46. The second-order valence-corrected chi connectivity index (χ2v) is 7.98. The molecule has 0 spiro atoms. The molecule has 24 heavy (non-hydrogen) atoms. The maximum Gasteiger partial charge on any atom is 0.485 e. The van der Waals surface area contributed by atoms with E-state index in [4.69, 9.17) is 13.0 Å². The van der Waals surface area contributed by atoms with Gasteiger partial charge in [-0.3, -0.25) is 0 Å². The van der Waals surface area contributed by atoms with Crippen LogP contribution in [0.15, 0.2) is 0 Å². The Kier molecular flexibility index (Phi) is 11.1. The molecule has 0 atom stereocenters. The van der Waals surface area contributed by atoms with Crippen molar-refractivity contribution in [2.75, 3.05) is 26.2 Å². The van der Waals surface area contributed by atoms with Gasteiger partial charge >= 0.3 is 5.51 Å². The van der Waals surface area contributed by atoms with Crippen molar-refractivity contribution in [1.29, 1.82) is 0 Å². The van der Waals surface area contributed by atoms with Crippen molar-refractivity contribution in [3.63, 3.8) is 0 Å². The maximum atomic E-state index is 10.7. The van der Waals surface area contributed by atoms with E-state index in [9.17, 15) is 13.2 Å². The first-order chi connectivity index (χ1) is 11.1. The van der Waals surface area contributed by atoms with Gasteiger partial charge in [0.05, 0.1) is 26.2 Å². The van der Waals surface area contributed by atoms with Crippen molar-refractivity contribution in [1.82, 2.24) is 0 Å². The van der Waals surface area contributed by atoms with Gasteiger partial charge in [-0.2, -0.15) is 13.2 Å². The molecule has 0 N–H and O–H groups in total. The van der Waals surface area contributed by atoms with Crippen LogP contribution < -0.4 is 0 Å². The molecule has 1 fully saturated rings. The van der Waals surface area contributed by atoms with Gasteiger partial charge in [-0.1, -0.05) is 39.5 Å². The fraction of sp³-hybridized carbons (Fsp3) is 1.00. The third kappa shape index (κ3) is 9.84. The van der Waals surface area contributed by atoms with E-state index in [-0.39, 0.29) is 0 Å². The van der Waals surface area contributed by atoms with Crippen molar-refractivity contribution in [2.24, 2.45) is 0 Å². The summed E-state index contributed by atoms with van der Waals surface area (Å²) in [5, 5.41) is 0. The van der Waals surface area contributed by atoms with Crippen LogP contribution in [0.4, 0.5) is 13.2 Å². The molecule has 0 aromatic heterocycles. The van der Waals surface area contributed by atoms with Gasteiger partial charge in [-0.25, -0.2) is 8.42 Å². The highest BCUT2D eigenvalue weighted by Gasteiger charge is 2.37. The van der Waals surface area contributed by atoms with Gasteiger partial charge in [-0.05, 0) is 19.3 Å². The third-order valence-electron chi connectivity index (χ3n) is 4.52. The lowest BCUT2D eigenvalue weighted by Gasteiger charge is -2.34. The summed E-state index contributed by atoms with van der Waals surface area (Å²) in [5.74, 6) is 0. The standard InChI is InChI=1S/C15H32N.CHF3O3S/c1-3-5-7-8-9-13-16(12-6-4-2)14-10-11-15-16;2-1(3,4)8(5,6)7/h3-15H2,1-2H3;(H,5,6,7)/q+1;/p-1. The van der Waals surface area contributed by atoms with Crippen LogP contribution in [0.25, 0.3) is 0 Å². The number of halogens is 3. The molecule has 0 saturated carbocycles. The van der Waals surface area contributed by atoms with E-state index in [1.165, 1.54) is 88.4 Å². The Hall–Kier alpha value is -0.340. The molecule has 146 valence electrons. The second kappa shape index (κ2) is 11.3. The van der Waals surface area contributed by atoms with Crippen molar-refractivity contribution in [3.8, 4) is 0 Å². The topological polar surface area (TPSA) is 57.2 Å². The zero-order valence-corrected chi connectivity index (χ0v) is 15.7. The average Bonchev–Trinajstić information content (AvgIpc) is 2.93. The summed E-state index contributed by atoms with van der Waals surface area (Å²) in [7, 11) is -6.09. The van der Waals surface area contributed by atoms with Crippen LogP contribution in [0, 0.1) is 0 Å². The maximum absolute atomic E-state index is 10.7. The van der Waals surface area contributed by atoms with E-state index in [0.29, 0.717) is 0 Å². The SMILES string of the molecule is CCCCCCC[N+]1(CCCC)CCCC1.O=S(=O)([O-])C(F)(F)F. The summed E-state index contributed by atoms with van der Waals surface area (Å²) in [4.78, 5) is 0. The molecule has 0 aromatic carbocycles. The summed E-state index contributed by atoms with van der Waals surface area (Å²) in [5.41, 5.74) is -5.65. The van der Waals surface area contributed by atoms with E-state index in [1.807, 2.05) is 0 Å². The van der Waals surface area contributed by atoms with Crippen LogP contribution in [0.3, 0.4) is 0 Å². The van der Waals surface area contributed by atoms with Crippen molar-refractivity contribution >= 4 is 10.1 Å². The van der Waals surface area contributed by atoms with Gasteiger partial charge in [0.25, 0.3) is 0 Å². The minimum Gasteiger partial charge on any atom is -0.741 e. The largest absolute Gasteiger partial charge is 0.741 e. The molecule has 0 aromatic rings. The van der Waals surface area contributed by atoms with Crippen LogP contribution in [0.2, 0.25) is 0 Å². The van der Waals surface area contributed by atoms with Crippen molar-refractivity contribution in [3.05, 3.63) is 0 Å². The highest BCUT2D eigenvalue weighted by atomic mass is 32.2. The van der Waals surface area contributed by atoms with Gasteiger partial charge in [-0.15, -0.1) is 0 Å². The van der Waals surface area contributed by atoms with Crippen molar-refractivity contribution < 1.29 is 30.6 Å². The van der Waals surface area contributed by atoms with Crippen LogP contribution in [0.5, 0.6) is 0 Å². The molecule has 1 rings (SSSR count). The number of rotatable bonds is 9. The zero-order chi connectivity index (χ0) is 18.7. The smallest absolute Gasteiger partial charge is 0.485 e. The molecular formula is C16H32F3NO3S. The molecule has 0 aliphatic carbocycles.